The van der Waals surface area contributed by atoms with Gasteiger partial charge < -0.3 is 14.8 Å². The van der Waals surface area contributed by atoms with Gasteiger partial charge >= 0.3 is 0 Å². The first-order valence-electron chi connectivity index (χ1n) is 10.1. The molecule has 1 amide bonds. The smallest absolute Gasteiger partial charge is 0.251 e. The number of ether oxygens (including phenoxy) is 2. The molecule has 0 radical (unpaired) electrons. The van der Waals surface area contributed by atoms with Crippen LogP contribution in [-0.4, -0.2) is 52.0 Å². The van der Waals surface area contributed by atoms with Crippen molar-refractivity contribution < 1.29 is 22.7 Å². The van der Waals surface area contributed by atoms with Gasteiger partial charge in [0.15, 0.2) is 0 Å². The summed E-state index contributed by atoms with van der Waals surface area (Å²) in [5, 5.41) is 3.09. The van der Waals surface area contributed by atoms with E-state index in [1.165, 1.54) is 22.5 Å². The maximum atomic E-state index is 13.0. The Labute approximate surface area is 188 Å². The van der Waals surface area contributed by atoms with Crippen LogP contribution in [0.2, 0.25) is 5.02 Å². The minimum Gasteiger partial charge on any atom is -0.497 e. The SMILES string of the molecule is COc1ccc(C(NC(=O)c2ccc(Cl)c(S(=O)(=O)N3CCOCC3)c2)C(C)C)cc1. The lowest BCUT2D eigenvalue weighted by Gasteiger charge is -2.27. The van der Waals surface area contributed by atoms with Gasteiger partial charge in [0, 0.05) is 18.7 Å². The van der Waals surface area contributed by atoms with Crippen LogP contribution in [0.5, 0.6) is 5.75 Å². The molecular formula is C22H27ClN2O5S. The van der Waals surface area contributed by atoms with Crippen molar-refractivity contribution in [1.29, 1.82) is 0 Å². The van der Waals surface area contributed by atoms with Gasteiger partial charge in [0.2, 0.25) is 10.0 Å². The maximum Gasteiger partial charge on any atom is 0.251 e. The number of methoxy groups -OCH3 is 1. The molecule has 2 aromatic rings. The number of morpholine rings is 1. The van der Waals surface area contributed by atoms with E-state index in [-0.39, 0.29) is 46.4 Å². The Bertz CT molecular complexity index is 1020. The summed E-state index contributed by atoms with van der Waals surface area (Å²) in [5.41, 5.74) is 1.16. The second-order valence-electron chi connectivity index (χ2n) is 7.63. The van der Waals surface area contributed by atoms with E-state index in [1.54, 1.807) is 7.11 Å². The Morgan fingerprint density at radius 1 is 1.13 bits per heavy atom. The average molecular weight is 467 g/mol. The summed E-state index contributed by atoms with van der Waals surface area (Å²) in [6.07, 6.45) is 0. The molecular weight excluding hydrogens is 440 g/mol. The Kier molecular flexibility index (Phi) is 7.59. The van der Waals surface area contributed by atoms with Crippen molar-refractivity contribution in [2.24, 2.45) is 5.92 Å². The molecule has 1 aliphatic rings. The zero-order valence-electron chi connectivity index (χ0n) is 17.8. The molecule has 0 aromatic heterocycles. The number of nitrogens with zero attached hydrogens (tertiary/aromatic N) is 1. The van der Waals surface area contributed by atoms with Crippen molar-refractivity contribution >= 4 is 27.5 Å². The number of sulfonamides is 1. The highest BCUT2D eigenvalue weighted by Crippen LogP contribution is 2.28. The first-order chi connectivity index (χ1) is 14.7. The summed E-state index contributed by atoms with van der Waals surface area (Å²) in [6.45, 7) is 5.17. The van der Waals surface area contributed by atoms with Gasteiger partial charge in [-0.2, -0.15) is 4.31 Å². The third-order valence-corrected chi connectivity index (χ3v) is 7.59. The molecule has 3 rings (SSSR count). The minimum absolute atomic E-state index is 0.0748. The molecule has 7 nitrogen and oxygen atoms in total. The molecule has 1 saturated heterocycles. The van der Waals surface area contributed by atoms with Crippen LogP contribution in [0.3, 0.4) is 0 Å². The van der Waals surface area contributed by atoms with Crippen molar-refractivity contribution in [3.05, 3.63) is 58.6 Å². The zero-order chi connectivity index (χ0) is 22.6. The number of benzene rings is 2. The first-order valence-corrected chi connectivity index (χ1v) is 11.9. The quantitative estimate of drug-likeness (QED) is 0.675. The summed E-state index contributed by atoms with van der Waals surface area (Å²) in [6, 6.07) is 11.5. The highest BCUT2D eigenvalue weighted by Gasteiger charge is 2.29. The predicted octanol–water partition coefficient (Wildman–Crippen LogP) is 3.50. The van der Waals surface area contributed by atoms with Crippen LogP contribution in [0, 0.1) is 5.92 Å². The Hall–Kier alpha value is -2.13. The highest BCUT2D eigenvalue weighted by molar-refractivity contribution is 7.89. The van der Waals surface area contributed by atoms with Crippen LogP contribution in [0.1, 0.15) is 35.8 Å². The Balaban J connectivity index is 1.86. The fourth-order valence-electron chi connectivity index (χ4n) is 3.44. The molecule has 0 spiro atoms. The highest BCUT2D eigenvalue weighted by atomic mass is 35.5. The van der Waals surface area contributed by atoms with Crippen molar-refractivity contribution in [2.75, 3.05) is 33.4 Å². The second kappa shape index (κ2) is 9.99. The maximum absolute atomic E-state index is 13.0. The number of hydrogen-bond donors (Lipinski definition) is 1. The van der Waals surface area contributed by atoms with E-state index in [9.17, 15) is 13.2 Å². The normalized spacial score (nSPS) is 16.2. The molecule has 0 saturated carbocycles. The third-order valence-electron chi connectivity index (χ3n) is 5.21. The lowest BCUT2D eigenvalue weighted by molar-refractivity contribution is 0.0730. The molecule has 0 bridgehead atoms. The summed E-state index contributed by atoms with van der Waals surface area (Å²) in [7, 11) is -2.23. The van der Waals surface area contributed by atoms with Crippen molar-refractivity contribution in [3.8, 4) is 5.75 Å². The van der Waals surface area contributed by atoms with Crippen LogP contribution in [-0.2, 0) is 14.8 Å². The van der Waals surface area contributed by atoms with Gasteiger partial charge in [-0.1, -0.05) is 37.6 Å². The molecule has 1 heterocycles. The molecule has 0 aliphatic carbocycles. The molecule has 2 aromatic carbocycles. The number of carbonyl (C=O) groups excluding carboxylic acids is 1. The number of carbonyl (C=O) groups is 1. The largest absolute Gasteiger partial charge is 0.497 e. The molecule has 9 heteroatoms. The molecule has 1 unspecified atom stereocenters. The molecule has 168 valence electrons. The van der Waals surface area contributed by atoms with Crippen LogP contribution >= 0.6 is 11.6 Å². The summed E-state index contributed by atoms with van der Waals surface area (Å²) in [5.74, 6) is 0.471. The predicted molar refractivity (Wildman–Crippen MR) is 119 cm³/mol. The number of halogens is 1. The summed E-state index contributed by atoms with van der Waals surface area (Å²) < 4.78 is 37.8. The van der Waals surface area contributed by atoms with E-state index in [2.05, 4.69) is 5.32 Å². The fraction of sp³-hybridized carbons (Fsp3) is 0.409. The number of hydrogen-bond acceptors (Lipinski definition) is 5. The van der Waals surface area contributed by atoms with E-state index < -0.39 is 10.0 Å². The number of nitrogens with one attached hydrogen (secondary N) is 1. The van der Waals surface area contributed by atoms with E-state index in [1.807, 2.05) is 38.1 Å². The van der Waals surface area contributed by atoms with Crippen LogP contribution in [0.15, 0.2) is 47.4 Å². The third kappa shape index (κ3) is 5.38. The van der Waals surface area contributed by atoms with Gasteiger partial charge in [-0.05, 0) is 41.8 Å². The van der Waals surface area contributed by atoms with Crippen molar-refractivity contribution in [2.45, 2.75) is 24.8 Å². The average Bonchev–Trinajstić information content (AvgIpc) is 2.78. The number of amides is 1. The van der Waals surface area contributed by atoms with Crippen LogP contribution in [0.4, 0.5) is 0 Å². The van der Waals surface area contributed by atoms with Gasteiger partial charge in [0.25, 0.3) is 5.91 Å². The monoisotopic (exact) mass is 466 g/mol. The van der Waals surface area contributed by atoms with Gasteiger partial charge in [0.1, 0.15) is 10.6 Å². The lowest BCUT2D eigenvalue weighted by Crippen LogP contribution is -2.40. The van der Waals surface area contributed by atoms with Crippen LogP contribution < -0.4 is 10.1 Å². The Morgan fingerprint density at radius 3 is 2.35 bits per heavy atom. The van der Waals surface area contributed by atoms with Gasteiger partial charge in [-0.25, -0.2) is 8.42 Å². The van der Waals surface area contributed by atoms with E-state index in [4.69, 9.17) is 21.1 Å². The molecule has 31 heavy (non-hydrogen) atoms. The van der Waals surface area contributed by atoms with E-state index in [0.717, 1.165) is 11.3 Å². The minimum atomic E-state index is -3.83. The van der Waals surface area contributed by atoms with Gasteiger partial charge in [-0.3, -0.25) is 4.79 Å². The lowest BCUT2D eigenvalue weighted by atomic mass is 9.95. The molecule has 1 aliphatic heterocycles. The molecule has 1 atom stereocenters. The first kappa shape index (κ1) is 23.5. The van der Waals surface area contributed by atoms with Gasteiger partial charge in [0.05, 0.1) is 31.4 Å². The topological polar surface area (TPSA) is 84.9 Å². The standard InChI is InChI=1S/C22H27ClN2O5S/c1-15(2)21(16-4-7-18(29-3)8-5-16)24-22(26)17-6-9-19(23)20(14-17)31(27,28)25-10-12-30-13-11-25/h4-9,14-15,21H,10-13H2,1-3H3,(H,24,26). The Morgan fingerprint density at radius 2 is 1.77 bits per heavy atom. The second-order valence-corrected chi connectivity index (χ2v) is 9.94. The summed E-state index contributed by atoms with van der Waals surface area (Å²) in [4.78, 5) is 12.9. The summed E-state index contributed by atoms with van der Waals surface area (Å²) >= 11 is 6.20. The van der Waals surface area contributed by atoms with Crippen LogP contribution in [0.25, 0.3) is 0 Å². The van der Waals surface area contributed by atoms with E-state index >= 15 is 0 Å². The van der Waals surface area contributed by atoms with Crippen molar-refractivity contribution in [1.82, 2.24) is 9.62 Å². The zero-order valence-corrected chi connectivity index (χ0v) is 19.4. The van der Waals surface area contributed by atoms with Gasteiger partial charge in [-0.15, -0.1) is 0 Å². The van der Waals surface area contributed by atoms with Crippen molar-refractivity contribution in [3.63, 3.8) is 0 Å². The fourth-order valence-corrected chi connectivity index (χ4v) is 5.35. The molecule has 1 N–H and O–H groups in total. The number of rotatable bonds is 7. The molecule has 1 fully saturated rings. The van der Waals surface area contributed by atoms with E-state index in [0.29, 0.717) is 13.2 Å².